The molecule has 2 heterocycles. The molecule has 4 aromatic rings. The molecule has 0 radical (unpaired) electrons. The second-order valence-corrected chi connectivity index (χ2v) is 10.7. The molecule has 0 saturated carbocycles. The Labute approximate surface area is 216 Å². The summed E-state index contributed by atoms with van der Waals surface area (Å²) in [5.74, 6) is 0.115. The number of hydrogen-bond acceptors (Lipinski definition) is 5. The van der Waals surface area contributed by atoms with Crippen LogP contribution in [0.1, 0.15) is 32.7 Å². The summed E-state index contributed by atoms with van der Waals surface area (Å²) in [7, 11) is -3.77. The minimum atomic E-state index is -4.43. The van der Waals surface area contributed by atoms with E-state index in [9.17, 15) is 26.4 Å². The monoisotopic (exact) mass is 541 g/mol. The van der Waals surface area contributed by atoms with Crippen molar-refractivity contribution in [2.24, 2.45) is 0 Å². The third-order valence-electron chi connectivity index (χ3n) is 6.19. The molecule has 5 rings (SSSR count). The van der Waals surface area contributed by atoms with Crippen LogP contribution < -0.4 is 4.74 Å². The van der Waals surface area contributed by atoms with Crippen LogP contribution in [-0.4, -0.2) is 35.7 Å². The number of ether oxygens (including phenoxy) is 1. The summed E-state index contributed by atoms with van der Waals surface area (Å²) in [5.41, 5.74) is 1.52. The molecule has 1 amide bonds. The van der Waals surface area contributed by atoms with Crippen LogP contribution >= 0.6 is 0 Å². The Kier molecular flexibility index (Phi) is 6.70. The van der Waals surface area contributed by atoms with Crippen molar-refractivity contribution in [2.75, 3.05) is 6.54 Å². The number of aromatic nitrogens is 2. The number of nitrogens with one attached hydrogen (secondary N) is 1. The number of rotatable bonds is 6. The molecule has 0 spiro atoms. The summed E-state index contributed by atoms with van der Waals surface area (Å²) in [4.78, 5) is 21.4. The Balaban J connectivity index is 1.29. The summed E-state index contributed by atoms with van der Waals surface area (Å²) in [6.07, 6.45) is -2.69. The quantitative estimate of drug-likeness (QED) is 0.353. The van der Waals surface area contributed by atoms with Crippen LogP contribution in [0, 0.1) is 0 Å². The zero-order valence-corrected chi connectivity index (χ0v) is 20.7. The first kappa shape index (κ1) is 25.5. The van der Waals surface area contributed by atoms with E-state index in [1.807, 2.05) is 6.07 Å². The maximum atomic E-state index is 13.1. The van der Waals surface area contributed by atoms with Gasteiger partial charge in [-0.3, -0.25) is 4.79 Å². The van der Waals surface area contributed by atoms with E-state index >= 15 is 0 Å². The molecule has 0 fully saturated rings. The molecule has 1 N–H and O–H groups in total. The lowest BCUT2D eigenvalue weighted by Crippen LogP contribution is -2.36. The number of fused-ring (bicyclic) bond motifs is 1. The largest absolute Gasteiger partial charge is 0.457 e. The van der Waals surface area contributed by atoms with Crippen LogP contribution in [0.5, 0.6) is 11.5 Å². The fourth-order valence-corrected chi connectivity index (χ4v) is 5.52. The normalized spacial score (nSPS) is 13.7. The summed E-state index contributed by atoms with van der Waals surface area (Å²) in [6, 6.07) is 18.5. The van der Waals surface area contributed by atoms with E-state index in [-0.39, 0.29) is 28.9 Å². The molecule has 0 bridgehead atoms. The van der Waals surface area contributed by atoms with Gasteiger partial charge in [0.1, 0.15) is 17.2 Å². The van der Waals surface area contributed by atoms with Gasteiger partial charge in [-0.05, 0) is 47.9 Å². The molecule has 7 nitrogen and oxygen atoms in total. The number of H-pyrrole nitrogens is 1. The molecular weight excluding hydrogens is 519 g/mol. The summed E-state index contributed by atoms with van der Waals surface area (Å²) >= 11 is 0. The molecule has 11 heteroatoms. The first-order valence-electron chi connectivity index (χ1n) is 11.7. The Bertz CT molecular complexity index is 1570. The van der Waals surface area contributed by atoms with E-state index in [0.29, 0.717) is 24.3 Å². The van der Waals surface area contributed by atoms with Crippen molar-refractivity contribution in [3.8, 4) is 11.5 Å². The van der Waals surface area contributed by atoms with Gasteiger partial charge < -0.3 is 14.6 Å². The van der Waals surface area contributed by atoms with Gasteiger partial charge >= 0.3 is 6.18 Å². The van der Waals surface area contributed by atoms with Crippen molar-refractivity contribution in [1.29, 1.82) is 0 Å². The average Bonchev–Trinajstić information content (AvgIpc) is 3.40. The number of halogens is 3. The average molecular weight is 542 g/mol. The van der Waals surface area contributed by atoms with Crippen molar-refractivity contribution in [1.82, 2.24) is 14.9 Å². The number of hydrogen-bond donors (Lipinski definition) is 1. The molecule has 1 aliphatic rings. The number of aromatic amines is 1. The zero-order chi connectivity index (χ0) is 26.9. The number of benzene rings is 3. The molecule has 38 heavy (non-hydrogen) atoms. The highest BCUT2D eigenvalue weighted by Crippen LogP contribution is 2.34. The van der Waals surface area contributed by atoms with Gasteiger partial charge in [-0.1, -0.05) is 42.5 Å². The molecule has 0 saturated heterocycles. The van der Waals surface area contributed by atoms with Crippen molar-refractivity contribution < 1.29 is 31.1 Å². The molecule has 0 aliphatic carbocycles. The van der Waals surface area contributed by atoms with E-state index in [1.54, 1.807) is 47.4 Å². The number of carbonyl (C=O) groups excluding carboxylic acids is 1. The van der Waals surface area contributed by atoms with Gasteiger partial charge in [-0.15, -0.1) is 0 Å². The molecule has 3 aromatic carbocycles. The van der Waals surface area contributed by atoms with Crippen LogP contribution in [0.15, 0.2) is 84.1 Å². The van der Waals surface area contributed by atoms with Crippen LogP contribution in [0.4, 0.5) is 13.2 Å². The van der Waals surface area contributed by atoms with Gasteiger partial charge in [0, 0.05) is 24.8 Å². The highest BCUT2D eigenvalue weighted by molar-refractivity contribution is 7.90. The Morgan fingerprint density at radius 1 is 1.00 bits per heavy atom. The second kappa shape index (κ2) is 9.97. The Morgan fingerprint density at radius 3 is 2.45 bits per heavy atom. The van der Waals surface area contributed by atoms with E-state index in [2.05, 4.69) is 9.97 Å². The van der Waals surface area contributed by atoms with Gasteiger partial charge in [0.15, 0.2) is 0 Å². The predicted octanol–water partition coefficient (Wildman–Crippen LogP) is 5.39. The van der Waals surface area contributed by atoms with Gasteiger partial charge in [0.2, 0.25) is 15.0 Å². The molecule has 1 aromatic heterocycles. The topological polar surface area (TPSA) is 92.4 Å². The first-order valence-corrected chi connectivity index (χ1v) is 13.3. The maximum absolute atomic E-state index is 13.1. The van der Waals surface area contributed by atoms with Gasteiger partial charge in [-0.2, -0.15) is 13.2 Å². The van der Waals surface area contributed by atoms with Crippen molar-refractivity contribution in [2.45, 2.75) is 30.1 Å². The smallest absolute Gasteiger partial charge is 0.416 e. The zero-order valence-electron chi connectivity index (χ0n) is 19.9. The molecule has 196 valence electrons. The lowest BCUT2D eigenvalue weighted by molar-refractivity contribution is -0.137. The number of sulfone groups is 1. The maximum Gasteiger partial charge on any atom is 0.416 e. The van der Waals surface area contributed by atoms with E-state index in [4.69, 9.17) is 4.74 Å². The lowest BCUT2D eigenvalue weighted by atomic mass is 9.98. The molecule has 0 unspecified atom stereocenters. The number of alkyl halides is 3. The first-order chi connectivity index (χ1) is 18.1. The highest BCUT2D eigenvalue weighted by Gasteiger charge is 2.30. The SMILES string of the molecule is O=C(c1c[nH]c(S(=O)(=O)Cc2ccccc2)n1)N1CCc2c(cccc2Oc2ccc(C(F)(F)F)cc2)C1. The minimum Gasteiger partial charge on any atom is -0.457 e. The van der Waals surface area contributed by atoms with Crippen LogP contribution in [0.25, 0.3) is 0 Å². The number of amides is 1. The number of imidazole rings is 1. The molecular formula is C27H22F3N3O4S. The molecule has 0 atom stereocenters. The van der Waals surface area contributed by atoms with Gasteiger partial charge in [0.05, 0.1) is 11.3 Å². The Morgan fingerprint density at radius 2 is 1.74 bits per heavy atom. The van der Waals surface area contributed by atoms with E-state index in [0.717, 1.165) is 23.3 Å². The Hall–Kier alpha value is -4.12. The predicted molar refractivity (Wildman–Crippen MR) is 132 cm³/mol. The van der Waals surface area contributed by atoms with Gasteiger partial charge in [0.25, 0.3) is 5.91 Å². The van der Waals surface area contributed by atoms with Crippen molar-refractivity contribution in [3.63, 3.8) is 0 Å². The summed E-state index contributed by atoms with van der Waals surface area (Å²) < 4.78 is 69.9. The van der Waals surface area contributed by atoms with Gasteiger partial charge in [-0.25, -0.2) is 13.4 Å². The fourth-order valence-electron chi connectivity index (χ4n) is 4.28. The standard InChI is InChI=1S/C27H22F3N3O4S/c28-27(29,30)20-9-11-21(12-10-20)37-24-8-4-7-19-16-33(14-13-22(19)24)25(34)23-15-31-26(32-23)38(35,36)17-18-5-2-1-3-6-18/h1-12,15H,13-14,16-17H2,(H,31,32). The summed E-state index contributed by atoms with van der Waals surface area (Å²) in [6.45, 7) is 0.579. The third-order valence-corrected chi connectivity index (χ3v) is 7.70. The highest BCUT2D eigenvalue weighted by atomic mass is 32.2. The van der Waals surface area contributed by atoms with Crippen LogP contribution in [0.3, 0.4) is 0 Å². The number of carbonyl (C=O) groups is 1. The van der Waals surface area contributed by atoms with Crippen molar-refractivity contribution in [3.05, 3.63) is 107 Å². The molecule has 1 aliphatic heterocycles. The van der Waals surface area contributed by atoms with Crippen LogP contribution in [-0.2, 0) is 34.7 Å². The number of nitrogens with zero attached hydrogens (tertiary/aromatic N) is 2. The summed E-state index contributed by atoms with van der Waals surface area (Å²) in [5, 5.41) is -0.269. The van der Waals surface area contributed by atoms with Crippen molar-refractivity contribution >= 4 is 15.7 Å². The van der Waals surface area contributed by atoms with E-state index < -0.39 is 27.5 Å². The fraction of sp³-hybridized carbons (Fsp3) is 0.185. The van der Waals surface area contributed by atoms with Crippen LogP contribution in [0.2, 0.25) is 0 Å². The second-order valence-electron chi connectivity index (χ2n) is 8.83. The third kappa shape index (κ3) is 5.42. The minimum absolute atomic E-state index is 0.00255. The lowest BCUT2D eigenvalue weighted by Gasteiger charge is -2.29. The van der Waals surface area contributed by atoms with E-state index in [1.165, 1.54) is 18.3 Å².